The molecule has 4 heterocycles. The number of carbonyl (C=O) groups excluding carboxylic acids is 2. The summed E-state index contributed by atoms with van der Waals surface area (Å²) in [4.78, 5) is 33.2. The number of hydrogen-bond acceptors (Lipinski definition) is 8. The number of rotatable bonds is 10. The second-order valence-electron chi connectivity index (χ2n) is 10.6. The van der Waals surface area contributed by atoms with Crippen LogP contribution in [-0.2, 0) is 45.0 Å². The summed E-state index contributed by atoms with van der Waals surface area (Å²) >= 11 is 0. The van der Waals surface area contributed by atoms with Crippen molar-refractivity contribution >= 4 is 17.8 Å². The topological polar surface area (TPSA) is 98.2 Å². The van der Waals surface area contributed by atoms with Crippen molar-refractivity contribution < 1.29 is 37.0 Å². The SMILES string of the molecule is O=C(CC1Cc2ccc(OCCc3cn4c(n3)NCCC4)cc2CN(CC(F)(F)F)C1=O)OCCN1CCOCC1. The monoisotopic (exact) mass is 579 g/mol. The Bertz CT molecular complexity index is 1190. The van der Waals surface area contributed by atoms with Crippen molar-refractivity contribution in [3.8, 4) is 5.75 Å². The van der Waals surface area contributed by atoms with Crippen molar-refractivity contribution in [3.63, 3.8) is 0 Å². The summed E-state index contributed by atoms with van der Waals surface area (Å²) in [6, 6.07) is 5.21. The average molecular weight is 580 g/mol. The van der Waals surface area contributed by atoms with Gasteiger partial charge in [-0.2, -0.15) is 13.2 Å². The van der Waals surface area contributed by atoms with Crippen molar-refractivity contribution in [1.82, 2.24) is 19.4 Å². The smallest absolute Gasteiger partial charge is 0.406 e. The Labute approximate surface area is 236 Å². The van der Waals surface area contributed by atoms with Crippen molar-refractivity contribution in [1.29, 1.82) is 0 Å². The number of esters is 1. The molecule has 1 aromatic heterocycles. The molecule has 41 heavy (non-hydrogen) atoms. The lowest BCUT2D eigenvalue weighted by atomic mass is 9.94. The van der Waals surface area contributed by atoms with Crippen LogP contribution in [0.1, 0.15) is 29.7 Å². The number of benzene rings is 1. The third kappa shape index (κ3) is 8.13. The Balaban J connectivity index is 1.21. The minimum atomic E-state index is -4.57. The number of anilines is 1. The summed E-state index contributed by atoms with van der Waals surface area (Å²) in [5.74, 6) is -0.888. The number of nitrogens with zero attached hydrogens (tertiary/aromatic N) is 4. The zero-order valence-electron chi connectivity index (χ0n) is 23.0. The van der Waals surface area contributed by atoms with Crippen LogP contribution in [0.15, 0.2) is 24.4 Å². The Hall–Kier alpha value is -3.32. The molecular weight excluding hydrogens is 543 g/mol. The number of halogens is 3. The highest BCUT2D eigenvalue weighted by atomic mass is 19.4. The number of aryl methyl sites for hydroxylation is 1. The quantitative estimate of drug-likeness (QED) is 0.430. The molecule has 1 unspecified atom stereocenters. The number of aromatic nitrogens is 2. The van der Waals surface area contributed by atoms with E-state index in [1.54, 1.807) is 18.2 Å². The van der Waals surface area contributed by atoms with Gasteiger partial charge in [-0.3, -0.25) is 14.5 Å². The molecule has 0 bridgehead atoms. The molecule has 5 rings (SSSR count). The summed E-state index contributed by atoms with van der Waals surface area (Å²) < 4.78 is 58.9. The second-order valence-corrected chi connectivity index (χ2v) is 10.6. The van der Waals surface area contributed by atoms with E-state index in [-0.39, 0.29) is 26.0 Å². The summed E-state index contributed by atoms with van der Waals surface area (Å²) in [6.07, 6.45) is -1.09. The predicted molar refractivity (Wildman–Crippen MR) is 142 cm³/mol. The molecule has 1 amide bonds. The maximum atomic E-state index is 13.4. The Kier molecular flexibility index (Phi) is 9.33. The first-order chi connectivity index (χ1) is 19.7. The standard InChI is InChI=1S/C28H36F3N5O5/c29-28(30,31)19-36-17-22-15-24(40-10-4-23-18-35-6-1-5-32-27(35)33-23)3-2-20(22)14-21(26(36)38)16-25(37)41-13-9-34-7-11-39-12-8-34/h2-3,15,18,21H,1,4-14,16-17,19H2,(H,32,33). The van der Waals surface area contributed by atoms with Crippen LogP contribution in [0, 0.1) is 5.92 Å². The highest BCUT2D eigenvalue weighted by Gasteiger charge is 2.38. The number of imidazole rings is 1. The van der Waals surface area contributed by atoms with Gasteiger partial charge >= 0.3 is 12.1 Å². The molecule has 13 heteroatoms. The largest absolute Gasteiger partial charge is 0.493 e. The molecule has 224 valence electrons. The summed E-state index contributed by atoms with van der Waals surface area (Å²) in [5.41, 5.74) is 2.19. The van der Waals surface area contributed by atoms with E-state index in [2.05, 4.69) is 19.8 Å². The number of carbonyl (C=O) groups is 2. The lowest BCUT2D eigenvalue weighted by Crippen LogP contribution is -2.41. The van der Waals surface area contributed by atoms with Gasteiger partial charge in [0.25, 0.3) is 0 Å². The molecule has 1 saturated heterocycles. The summed E-state index contributed by atoms with van der Waals surface area (Å²) in [7, 11) is 0. The van der Waals surface area contributed by atoms with Gasteiger partial charge in [0.2, 0.25) is 11.9 Å². The van der Waals surface area contributed by atoms with Crippen LogP contribution in [0.5, 0.6) is 5.75 Å². The van der Waals surface area contributed by atoms with Gasteiger partial charge in [-0.05, 0) is 36.1 Å². The fraction of sp³-hybridized carbons (Fsp3) is 0.607. The van der Waals surface area contributed by atoms with Crippen molar-refractivity contribution in [2.75, 3.05) is 64.5 Å². The lowest BCUT2D eigenvalue weighted by molar-refractivity contribution is -0.166. The molecule has 0 saturated carbocycles. The van der Waals surface area contributed by atoms with Crippen molar-refractivity contribution in [3.05, 3.63) is 41.2 Å². The Morgan fingerprint density at radius 1 is 1.15 bits per heavy atom. The molecule has 0 radical (unpaired) electrons. The third-order valence-electron chi connectivity index (χ3n) is 7.54. The average Bonchev–Trinajstić information content (AvgIpc) is 3.31. The third-order valence-corrected chi connectivity index (χ3v) is 7.54. The second kappa shape index (κ2) is 13.1. The fourth-order valence-electron chi connectivity index (χ4n) is 5.44. The lowest BCUT2D eigenvalue weighted by Gasteiger charge is -2.26. The molecule has 1 aromatic carbocycles. The van der Waals surface area contributed by atoms with Crippen LogP contribution >= 0.6 is 0 Å². The minimum absolute atomic E-state index is 0.147. The van der Waals surface area contributed by atoms with Gasteiger partial charge in [0.05, 0.1) is 37.9 Å². The number of alkyl halides is 3. The van der Waals surface area contributed by atoms with Crippen LogP contribution < -0.4 is 10.1 Å². The molecular formula is C28H36F3N5O5. The van der Waals surface area contributed by atoms with Crippen molar-refractivity contribution in [2.24, 2.45) is 5.92 Å². The van der Waals surface area contributed by atoms with Gasteiger partial charge in [0.1, 0.15) is 18.9 Å². The zero-order chi connectivity index (χ0) is 28.8. The highest BCUT2D eigenvalue weighted by Crippen LogP contribution is 2.30. The molecule has 2 aromatic rings. The first-order valence-corrected chi connectivity index (χ1v) is 14.1. The first-order valence-electron chi connectivity index (χ1n) is 14.1. The van der Waals surface area contributed by atoms with Gasteiger partial charge in [-0.25, -0.2) is 4.98 Å². The maximum Gasteiger partial charge on any atom is 0.406 e. The van der Waals surface area contributed by atoms with E-state index in [0.29, 0.717) is 49.7 Å². The number of ether oxygens (including phenoxy) is 3. The zero-order valence-corrected chi connectivity index (χ0v) is 23.0. The normalized spacial score (nSPS) is 19.6. The molecule has 1 fully saturated rings. The number of hydrogen-bond donors (Lipinski definition) is 1. The molecule has 0 spiro atoms. The fourth-order valence-corrected chi connectivity index (χ4v) is 5.44. The number of amides is 1. The molecule has 1 atom stereocenters. The molecule has 10 nitrogen and oxygen atoms in total. The predicted octanol–water partition coefficient (Wildman–Crippen LogP) is 2.65. The van der Waals surface area contributed by atoms with E-state index in [9.17, 15) is 22.8 Å². The van der Waals surface area contributed by atoms with E-state index < -0.39 is 30.5 Å². The highest BCUT2D eigenvalue weighted by molar-refractivity contribution is 5.84. The van der Waals surface area contributed by atoms with Gasteiger partial charge in [0, 0.05) is 51.9 Å². The Morgan fingerprint density at radius 3 is 2.76 bits per heavy atom. The molecule has 1 N–H and O–H groups in total. The van der Waals surface area contributed by atoms with Crippen molar-refractivity contribution in [2.45, 2.75) is 44.9 Å². The summed E-state index contributed by atoms with van der Waals surface area (Å²) in [5, 5.41) is 3.26. The van der Waals surface area contributed by atoms with E-state index >= 15 is 0 Å². The van der Waals surface area contributed by atoms with Gasteiger partial charge in [-0.15, -0.1) is 0 Å². The van der Waals surface area contributed by atoms with Crippen LogP contribution in [0.25, 0.3) is 0 Å². The maximum absolute atomic E-state index is 13.4. The molecule has 3 aliphatic heterocycles. The van der Waals surface area contributed by atoms with Gasteiger partial charge < -0.3 is 29.0 Å². The first kappa shape index (κ1) is 29.2. The Morgan fingerprint density at radius 2 is 1.98 bits per heavy atom. The summed E-state index contributed by atoms with van der Waals surface area (Å²) in [6.45, 7) is 3.98. The van der Waals surface area contributed by atoms with Crippen LogP contribution in [-0.4, -0.2) is 96.6 Å². The van der Waals surface area contributed by atoms with E-state index in [0.717, 1.165) is 49.1 Å². The molecule has 0 aliphatic carbocycles. The van der Waals surface area contributed by atoms with Gasteiger partial charge in [-0.1, -0.05) is 6.07 Å². The van der Waals surface area contributed by atoms with Crippen LogP contribution in [0.3, 0.4) is 0 Å². The number of morpholine rings is 1. The number of fused-ring (bicyclic) bond motifs is 2. The van der Waals surface area contributed by atoms with Crippen LogP contribution in [0.2, 0.25) is 0 Å². The van der Waals surface area contributed by atoms with E-state index in [4.69, 9.17) is 14.2 Å². The minimum Gasteiger partial charge on any atom is -0.493 e. The van der Waals surface area contributed by atoms with E-state index in [1.807, 2.05) is 6.20 Å². The van der Waals surface area contributed by atoms with Gasteiger partial charge in [0.15, 0.2) is 0 Å². The van der Waals surface area contributed by atoms with E-state index in [1.165, 1.54) is 0 Å². The number of nitrogens with one attached hydrogen (secondary N) is 1. The van der Waals surface area contributed by atoms with Crippen LogP contribution in [0.4, 0.5) is 19.1 Å². The molecule has 3 aliphatic rings.